The lowest BCUT2D eigenvalue weighted by Crippen LogP contribution is -2.36. The minimum Gasteiger partial charge on any atom is -0.322 e. The number of amides is 2. The van der Waals surface area contributed by atoms with Gasteiger partial charge in [-0.3, -0.25) is 9.69 Å². The third-order valence-corrected chi connectivity index (χ3v) is 7.52. The molecule has 2 saturated heterocycles. The average molecular weight is 494 g/mol. The van der Waals surface area contributed by atoms with Gasteiger partial charge < -0.3 is 9.80 Å². The summed E-state index contributed by atoms with van der Waals surface area (Å²) in [6, 6.07) is 9.68. The molecular weight excluding hydrogens is 466 g/mol. The summed E-state index contributed by atoms with van der Waals surface area (Å²) in [7, 11) is 1.67. The lowest BCUT2D eigenvalue weighted by atomic mass is 9.86. The maximum atomic E-state index is 13.0. The van der Waals surface area contributed by atoms with E-state index in [1.807, 2.05) is 29.2 Å². The van der Waals surface area contributed by atoms with Gasteiger partial charge in [-0.15, -0.1) is 0 Å². The number of hydrogen-bond donors (Lipinski definition) is 0. The number of likely N-dealkylation sites (tertiary alicyclic amines) is 2. The summed E-state index contributed by atoms with van der Waals surface area (Å²) < 4.78 is 1.33. The van der Waals surface area contributed by atoms with E-state index in [4.69, 9.17) is 11.6 Å². The molecule has 3 aromatic rings. The van der Waals surface area contributed by atoms with Crippen molar-refractivity contribution in [2.24, 2.45) is 5.41 Å². The average Bonchev–Trinajstić information content (AvgIpc) is 3.61. The van der Waals surface area contributed by atoms with Crippen molar-refractivity contribution in [1.29, 1.82) is 0 Å². The Bertz CT molecular complexity index is 1250. The SMILES string of the molecule is CC(=O)N(C)c1cnn(C(=O)N2CCC3(CCN(Cc4ccc(-c5cccnn5)cc4Cl)C3)C2)c1. The van der Waals surface area contributed by atoms with Gasteiger partial charge in [-0.25, -0.2) is 4.79 Å². The van der Waals surface area contributed by atoms with E-state index in [2.05, 4.69) is 26.3 Å². The third-order valence-electron chi connectivity index (χ3n) is 7.17. The van der Waals surface area contributed by atoms with Gasteiger partial charge in [0.2, 0.25) is 5.91 Å². The maximum absolute atomic E-state index is 13.0. The Balaban J connectivity index is 1.21. The number of nitrogens with zero attached hydrogens (tertiary/aromatic N) is 7. The number of anilines is 1. The monoisotopic (exact) mass is 493 g/mol. The summed E-state index contributed by atoms with van der Waals surface area (Å²) in [6.45, 7) is 5.57. The second-order valence-electron chi connectivity index (χ2n) is 9.55. The molecule has 1 atom stereocenters. The van der Waals surface area contributed by atoms with Crippen molar-refractivity contribution >= 4 is 29.2 Å². The van der Waals surface area contributed by atoms with E-state index in [9.17, 15) is 9.59 Å². The van der Waals surface area contributed by atoms with Crippen molar-refractivity contribution < 1.29 is 9.59 Å². The molecule has 2 amide bonds. The first kappa shape index (κ1) is 23.4. The maximum Gasteiger partial charge on any atom is 0.344 e. The summed E-state index contributed by atoms with van der Waals surface area (Å²) in [5.41, 5.74) is 3.53. The van der Waals surface area contributed by atoms with Crippen LogP contribution >= 0.6 is 11.6 Å². The van der Waals surface area contributed by atoms with Gasteiger partial charge in [-0.2, -0.15) is 20.0 Å². The molecule has 5 rings (SSSR count). The van der Waals surface area contributed by atoms with Crippen LogP contribution in [0.4, 0.5) is 10.5 Å². The Morgan fingerprint density at radius 3 is 2.74 bits per heavy atom. The number of benzene rings is 1. The molecule has 0 saturated carbocycles. The zero-order valence-electron chi connectivity index (χ0n) is 19.9. The molecule has 0 radical (unpaired) electrons. The topological polar surface area (TPSA) is 87.5 Å². The van der Waals surface area contributed by atoms with Gasteiger partial charge in [-0.1, -0.05) is 23.7 Å². The Labute approximate surface area is 209 Å². The molecule has 9 nitrogen and oxygen atoms in total. The summed E-state index contributed by atoms with van der Waals surface area (Å²) in [5.74, 6) is -0.105. The highest BCUT2D eigenvalue weighted by Gasteiger charge is 2.45. The van der Waals surface area contributed by atoms with E-state index in [-0.39, 0.29) is 17.4 Å². The van der Waals surface area contributed by atoms with Crippen LogP contribution in [0.1, 0.15) is 25.3 Å². The Morgan fingerprint density at radius 1 is 1.17 bits per heavy atom. The standard InChI is InChI=1S/C25H28ClN7O2/c1-18(34)30(2)21-13-28-33(15-21)24(35)32-11-8-25(17-32)7-10-31(16-25)14-20-6-5-19(12-22(20)26)23-4-3-9-27-29-23/h3-6,9,12-13,15H,7-8,10-11,14,16-17H2,1-2H3. The van der Waals surface area contributed by atoms with Crippen LogP contribution in [-0.4, -0.2) is 74.9 Å². The molecular formula is C25H28ClN7O2. The van der Waals surface area contributed by atoms with Crippen LogP contribution in [0.25, 0.3) is 11.3 Å². The van der Waals surface area contributed by atoms with Crippen molar-refractivity contribution in [1.82, 2.24) is 29.8 Å². The van der Waals surface area contributed by atoms with Gasteiger partial charge >= 0.3 is 6.03 Å². The Hall–Kier alpha value is -3.30. The van der Waals surface area contributed by atoms with Gasteiger partial charge in [0.25, 0.3) is 0 Å². The van der Waals surface area contributed by atoms with E-state index in [0.29, 0.717) is 18.8 Å². The zero-order chi connectivity index (χ0) is 24.6. The van der Waals surface area contributed by atoms with Gasteiger partial charge in [0.05, 0.1) is 23.8 Å². The molecule has 2 fully saturated rings. The molecule has 35 heavy (non-hydrogen) atoms. The smallest absolute Gasteiger partial charge is 0.322 e. The molecule has 0 aliphatic carbocycles. The molecule has 182 valence electrons. The van der Waals surface area contributed by atoms with Crippen molar-refractivity contribution in [3.63, 3.8) is 0 Å². The summed E-state index contributed by atoms with van der Waals surface area (Å²) in [5, 5.41) is 13.0. The van der Waals surface area contributed by atoms with Gasteiger partial charge in [0.15, 0.2) is 0 Å². The highest BCUT2D eigenvalue weighted by atomic mass is 35.5. The number of halogens is 1. The number of carbonyl (C=O) groups excluding carboxylic acids is 2. The first-order chi connectivity index (χ1) is 16.8. The fourth-order valence-electron chi connectivity index (χ4n) is 5.04. The Kier molecular flexibility index (Phi) is 6.29. The van der Waals surface area contributed by atoms with Crippen LogP contribution in [0.3, 0.4) is 0 Å². The van der Waals surface area contributed by atoms with Crippen LogP contribution in [0, 0.1) is 5.41 Å². The molecule has 2 aliphatic rings. The Morgan fingerprint density at radius 2 is 2.00 bits per heavy atom. The highest BCUT2D eigenvalue weighted by molar-refractivity contribution is 6.31. The lowest BCUT2D eigenvalue weighted by Gasteiger charge is -2.25. The second-order valence-corrected chi connectivity index (χ2v) is 9.96. The van der Waals surface area contributed by atoms with Crippen LogP contribution in [0.5, 0.6) is 0 Å². The number of aromatic nitrogens is 4. The number of carbonyl (C=O) groups is 2. The fourth-order valence-corrected chi connectivity index (χ4v) is 5.28. The molecule has 0 bridgehead atoms. The van der Waals surface area contributed by atoms with E-state index >= 15 is 0 Å². The lowest BCUT2D eigenvalue weighted by molar-refractivity contribution is -0.116. The molecule has 10 heteroatoms. The van der Waals surface area contributed by atoms with Gasteiger partial charge in [0, 0.05) is 62.3 Å². The molecule has 2 aliphatic heterocycles. The molecule has 1 unspecified atom stereocenters. The van der Waals surface area contributed by atoms with Crippen molar-refractivity contribution in [3.8, 4) is 11.3 Å². The quantitative estimate of drug-likeness (QED) is 0.552. The molecule has 2 aromatic heterocycles. The predicted octanol–water partition coefficient (Wildman–Crippen LogP) is 3.54. The van der Waals surface area contributed by atoms with Crippen LogP contribution < -0.4 is 4.90 Å². The van der Waals surface area contributed by atoms with E-state index in [1.54, 1.807) is 25.6 Å². The fraction of sp³-hybridized carbons (Fsp3) is 0.400. The minimum atomic E-state index is -0.147. The second kappa shape index (κ2) is 9.39. The molecule has 1 spiro atoms. The van der Waals surface area contributed by atoms with Crippen LogP contribution in [-0.2, 0) is 11.3 Å². The summed E-state index contributed by atoms with van der Waals surface area (Å²) >= 11 is 6.62. The first-order valence-electron chi connectivity index (χ1n) is 11.7. The summed E-state index contributed by atoms with van der Waals surface area (Å²) in [4.78, 5) is 30.4. The normalized spacial score (nSPS) is 20.0. The zero-order valence-corrected chi connectivity index (χ0v) is 20.6. The van der Waals surface area contributed by atoms with Crippen molar-refractivity contribution in [2.75, 3.05) is 38.1 Å². The minimum absolute atomic E-state index is 0.0911. The van der Waals surface area contributed by atoms with E-state index < -0.39 is 0 Å². The molecule has 1 aromatic carbocycles. The van der Waals surface area contributed by atoms with Crippen molar-refractivity contribution in [2.45, 2.75) is 26.3 Å². The van der Waals surface area contributed by atoms with E-state index in [1.165, 1.54) is 16.5 Å². The number of hydrogen-bond acceptors (Lipinski definition) is 6. The van der Waals surface area contributed by atoms with Gasteiger partial charge in [0.1, 0.15) is 0 Å². The van der Waals surface area contributed by atoms with Gasteiger partial charge in [-0.05, 0) is 43.1 Å². The predicted molar refractivity (Wildman–Crippen MR) is 133 cm³/mol. The third kappa shape index (κ3) is 4.78. The van der Waals surface area contributed by atoms with E-state index in [0.717, 1.165) is 54.3 Å². The summed E-state index contributed by atoms with van der Waals surface area (Å²) in [6.07, 6.45) is 6.82. The number of rotatable bonds is 4. The van der Waals surface area contributed by atoms with Crippen molar-refractivity contribution in [3.05, 3.63) is 59.5 Å². The highest BCUT2D eigenvalue weighted by Crippen LogP contribution is 2.40. The van der Waals surface area contributed by atoms with Crippen LogP contribution in [0.15, 0.2) is 48.9 Å². The largest absolute Gasteiger partial charge is 0.344 e. The molecule has 0 N–H and O–H groups in total. The van der Waals surface area contributed by atoms with Crippen LogP contribution in [0.2, 0.25) is 5.02 Å². The first-order valence-corrected chi connectivity index (χ1v) is 12.1. The molecule has 4 heterocycles.